The van der Waals surface area contributed by atoms with E-state index in [9.17, 15) is 12.8 Å². The number of hydrogen-bond donors (Lipinski definition) is 0. The van der Waals surface area contributed by atoms with Gasteiger partial charge in [-0.15, -0.1) is 0 Å². The molecule has 1 heterocycles. The molecule has 0 saturated carbocycles. The zero-order chi connectivity index (χ0) is 18.9. The van der Waals surface area contributed by atoms with Gasteiger partial charge in [0.15, 0.2) is 0 Å². The quantitative estimate of drug-likeness (QED) is 0.818. The largest absolute Gasteiger partial charge is 0.297 e. The van der Waals surface area contributed by atoms with E-state index in [0.29, 0.717) is 30.4 Å². The summed E-state index contributed by atoms with van der Waals surface area (Å²) in [4.78, 5) is 2.44. The molecule has 0 aromatic heterocycles. The Hall–Kier alpha value is -1.76. The highest BCUT2D eigenvalue weighted by molar-refractivity contribution is 7.89. The minimum absolute atomic E-state index is 0.0888. The van der Waals surface area contributed by atoms with Crippen molar-refractivity contribution in [1.82, 2.24) is 9.21 Å². The average Bonchev–Trinajstić information content (AvgIpc) is 2.63. The van der Waals surface area contributed by atoms with E-state index in [1.165, 1.54) is 16.4 Å². The predicted octanol–water partition coefficient (Wildman–Crippen LogP) is 3.63. The summed E-state index contributed by atoms with van der Waals surface area (Å²) in [5.41, 5.74) is 2.04. The van der Waals surface area contributed by atoms with Crippen LogP contribution < -0.4 is 0 Å². The van der Waals surface area contributed by atoms with E-state index in [-0.39, 0.29) is 11.9 Å². The second-order valence-corrected chi connectivity index (χ2v) is 9.07. The lowest BCUT2D eigenvalue weighted by Gasteiger charge is -2.39. The van der Waals surface area contributed by atoms with Gasteiger partial charge in [-0.1, -0.05) is 38.1 Å². The van der Waals surface area contributed by atoms with Gasteiger partial charge < -0.3 is 0 Å². The number of hydrogen-bond acceptors (Lipinski definition) is 3. The summed E-state index contributed by atoms with van der Waals surface area (Å²) in [5.74, 6) is 0.0696. The fraction of sp³-hybridized carbons (Fsp3) is 0.400. The third-order valence-electron chi connectivity index (χ3n) is 5.05. The molecule has 2 aromatic rings. The van der Waals surface area contributed by atoms with Crippen LogP contribution in [0.1, 0.15) is 36.9 Å². The molecule has 1 unspecified atom stereocenters. The van der Waals surface area contributed by atoms with Gasteiger partial charge in [-0.2, -0.15) is 4.31 Å². The maximum Gasteiger partial charge on any atom is 0.243 e. The minimum atomic E-state index is -3.54. The van der Waals surface area contributed by atoms with Crippen molar-refractivity contribution in [3.8, 4) is 0 Å². The highest BCUT2D eigenvalue weighted by Crippen LogP contribution is 2.28. The lowest BCUT2D eigenvalue weighted by Crippen LogP contribution is -2.48. The lowest BCUT2D eigenvalue weighted by molar-refractivity contribution is 0.148. The zero-order valence-corrected chi connectivity index (χ0v) is 16.2. The van der Waals surface area contributed by atoms with Gasteiger partial charge in [0, 0.05) is 25.7 Å². The topological polar surface area (TPSA) is 40.6 Å². The summed E-state index contributed by atoms with van der Waals surface area (Å²) in [7, 11) is -1.58. The van der Waals surface area contributed by atoms with Crippen LogP contribution in [0.15, 0.2) is 53.4 Å². The summed E-state index contributed by atoms with van der Waals surface area (Å²) >= 11 is 0. The van der Waals surface area contributed by atoms with E-state index in [1.54, 1.807) is 24.3 Å². The molecule has 140 valence electrons. The molecule has 0 aliphatic carbocycles. The van der Waals surface area contributed by atoms with E-state index in [2.05, 4.69) is 18.7 Å². The monoisotopic (exact) mass is 376 g/mol. The Balaban J connectivity index is 1.84. The number of benzene rings is 2. The van der Waals surface area contributed by atoms with E-state index >= 15 is 0 Å². The number of nitrogens with zero attached hydrogens (tertiary/aromatic N) is 2. The van der Waals surface area contributed by atoms with Gasteiger partial charge in [0.1, 0.15) is 5.82 Å². The van der Waals surface area contributed by atoms with Gasteiger partial charge in [0.2, 0.25) is 10.0 Å². The van der Waals surface area contributed by atoms with Crippen molar-refractivity contribution < 1.29 is 12.8 Å². The number of sulfonamides is 1. The molecule has 1 saturated heterocycles. The Labute approximate surface area is 155 Å². The maximum atomic E-state index is 13.2. The van der Waals surface area contributed by atoms with Gasteiger partial charge in [-0.05, 0) is 48.4 Å². The Bertz CT molecular complexity index is 848. The Morgan fingerprint density at radius 3 is 2.19 bits per heavy atom. The first-order valence-corrected chi connectivity index (χ1v) is 10.3. The molecule has 2 aromatic carbocycles. The minimum Gasteiger partial charge on any atom is -0.297 e. The van der Waals surface area contributed by atoms with E-state index in [4.69, 9.17) is 0 Å². The molecule has 3 rings (SSSR count). The highest BCUT2D eigenvalue weighted by atomic mass is 32.2. The number of piperazine rings is 1. The van der Waals surface area contributed by atoms with Crippen molar-refractivity contribution in [2.45, 2.75) is 30.7 Å². The predicted molar refractivity (Wildman–Crippen MR) is 101 cm³/mol. The lowest BCUT2D eigenvalue weighted by atomic mass is 10.0. The molecule has 1 fully saturated rings. The van der Waals surface area contributed by atoms with Gasteiger partial charge in [0.05, 0.1) is 4.90 Å². The van der Waals surface area contributed by atoms with Gasteiger partial charge in [-0.25, -0.2) is 12.8 Å². The summed E-state index contributed by atoms with van der Waals surface area (Å²) in [5, 5.41) is 0. The fourth-order valence-corrected chi connectivity index (χ4v) is 4.72. The van der Waals surface area contributed by atoms with Crippen LogP contribution >= 0.6 is 0 Å². The van der Waals surface area contributed by atoms with Gasteiger partial charge in [0.25, 0.3) is 0 Å². The summed E-state index contributed by atoms with van der Waals surface area (Å²) in [6, 6.07) is 13.3. The molecule has 0 bridgehead atoms. The van der Waals surface area contributed by atoms with Crippen LogP contribution in [0.25, 0.3) is 0 Å². The molecule has 0 spiro atoms. The molecule has 4 nitrogen and oxygen atoms in total. The fourth-order valence-electron chi connectivity index (χ4n) is 3.29. The molecular weight excluding hydrogens is 351 g/mol. The zero-order valence-electron chi connectivity index (χ0n) is 15.4. The van der Waals surface area contributed by atoms with E-state index in [1.807, 2.05) is 19.2 Å². The third kappa shape index (κ3) is 3.82. The van der Waals surface area contributed by atoms with Crippen LogP contribution in [0.5, 0.6) is 0 Å². The molecule has 26 heavy (non-hydrogen) atoms. The normalized spacial score (nSPS) is 19.8. The first-order chi connectivity index (χ1) is 12.3. The van der Waals surface area contributed by atoms with Crippen LogP contribution in [0, 0.1) is 5.82 Å². The van der Waals surface area contributed by atoms with Crippen molar-refractivity contribution in [3.63, 3.8) is 0 Å². The summed E-state index contributed by atoms with van der Waals surface area (Å²) < 4.78 is 40.8. The smallest absolute Gasteiger partial charge is 0.243 e. The van der Waals surface area contributed by atoms with Crippen LogP contribution in [-0.4, -0.2) is 44.3 Å². The van der Waals surface area contributed by atoms with Crippen molar-refractivity contribution in [3.05, 3.63) is 65.5 Å². The van der Waals surface area contributed by atoms with Crippen molar-refractivity contribution in [2.24, 2.45) is 0 Å². The van der Waals surface area contributed by atoms with Gasteiger partial charge >= 0.3 is 0 Å². The molecule has 0 N–H and O–H groups in total. The second kappa shape index (κ2) is 7.47. The second-order valence-electron chi connectivity index (χ2n) is 7.13. The van der Waals surface area contributed by atoms with Crippen LogP contribution in [-0.2, 0) is 10.0 Å². The molecular formula is C20H25FN2O2S. The number of rotatable bonds is 4. The molecule has 0 radical (unpaired) electrons. The average molecular weight is 376 g/mol. The van der Waals surface area contributed by atoms with Crippen LogP contribution in [0.4, 0.5) is 4.39 Å². The van der Waals surface area contributed by atoms with Crippen LogP contribution in [0.2, 0.25) is 0 Å². The van der Waals surface area contributed by atoms with Gasteiger partial charge in [-0.3, -0.25) is 4.90 Å². The first kappa shape index (κ1) is 19.0. The summed E-state index contributed by atoms with van der Waals surface area (Å²) in [6.07, 6.45) is 0. The number of likely N-dealkylation sites (N-methyl/N-ethyl adjacent to an activating group) is 1. The first-order valence-electron chi connectivity index (χ1n) is 8.85. The Morgan fingerprint density at radius 1 is 1.00 bits per heavy atom. The molecule has 0 amide bonds. The highest BCUT2D eigenvalue weighted by Gasteiger charge is 2.33. The maximum absolute atomic E-state index is 13.2. The standard InChI is InChI=1S/C20H25FN2O2S/c1-15(2)16-6-10-19(11-7-16)26(24,25)23-13-12-22(3)20(14-23)17-4-8-18(21)9-5-17/h4-11,15,20H,12-14H2,1-3H3. The molecule has 1 aliphatic heterocycles. The third-order valence-corrected chi connectivity index (χ3v) is 6.93. The summed E-state index contributed by atoms with van der Waals surface area (Å²) in [6.45, 7) is 5.60. The molecule has 1 atom stereocenters. The van der Waals surface area contributed by atoms with E-state index in [0.717, 1.165) is 11.1 Å². The van der Waals surface area contributed by atoms with Crippen LogP contribution in [0.3, 0.4) is 0 Å². The van der Waals surface area contributed by atoms with Crippen molar-refractivity contribution in [1.29, 1.82) is 0 Å². The van der Waals surface area contributed by atoms with Crippen molar-refractivity contribution >= 4 is 10.0 Å². The van der Waals surface area contributed by atoms with Crippen molar-refractivity contribution in [2.75, 3.05) is 26.7 Å². The Morgan fingerprint density at radius 2 is 1.62 bits per heavy atom. The SMILES string of the molecule is CC(C)c1ccc(S(=O)(=O)N2CCN(C)C(c3ccc(F)cc3)C2)cc1. The molecule has 6 heteroatoms. The number of halogens is 1. The van der Waals surface area contributed by atoms with E-state index < -0.39 is 10.0 Å². The Kier molecular flexibility index (Phi) is 5.46. The molecule has 1 aliphatic rings.